The predicted octanol–water partition coefficient (Wildman–Crippen LogP) is 4.62. The summed E-state index contributed by atoms with van der Waals surface area (Å²) in [6, 6.07) is 0. The zero-order valence-electron chi connectivity index (χ0n) is 9.32. The summed E-state index contributed by atoms with van der Waals surface area (Å²) in [6.07, 6.45) is 10.5. The summed E-state index contributed by atoms with van der Waals surface area (Å²) < 4.78 is 0. The molecule has 2 rings (SSSR count). The van der Waals surface area contributed by atoms with Crippen LogP contribution in [0.3, 0.4) is 0 Å². The monoisotopic (exact) mass is 178 g/mol. The van der Waals surface area contributed by atoms with Crippen molar-refractivity contribution in [2.45, 2.75) is 59.3 Å². The first-order valence-electron chi connectivity index (χ1n) is 5.51. The highest BCUT2D eigenvalue weighted by atomic mass is 14.1. The third kappa shape index (κ3) is 3.80. The average molecular weight is 178 g/mol. The second kappa shape index (κ2) is 5.26. The van der Waals surface area contributed by atoms with Crippen LogP contribution in [0.1, 0.15) is 59.3 Å². The minimum absolute atomic E-state index is 1.33. The molecule has 0 aromatic rings. The van der Waals surface area contributed by atoms with E-state index in [2.05, 4.69) is 26.8 Å². The molecule has 0 radical (unpaired) electrons. The molecule has 74 valence electrons. The van der Waals surface area contributed by atoms with Crippen molar-refractivity contribution >= 4 is 0 Å². The molecule has 0 aliphatic heterocycles. The molecule has 0 heterocycles. The van der Waals surface area contributed by atoms with Crippen LogP contribution in [0.2, 0.25) is 0 Å². The molecule has 0 saturated heterocycles. The van der Waals surface area contributed by atoms with Crippen LogP contribution in [0.5, 0.6) is 0 Å². The molecule has 0 saturated carbocycles. The molecule has 2 aliphatic carbocycles. The van der Waals surface area contributed by atoms with Crippen molar-refractivity contribution in [3.63, 3.8) is 0 Å². The van der Waals surface area contributed by atoms with Gasteiger partial charge in [0.15, 0.2) is 0 Å². The topological polar surface area (TPSA) is 0 Å². The third-order valence-electron chi connectivity index (χ3n) is 3.10. The Labute approximate surface area is 82.7 Å². The van der Waals surface area contributed by atoms with E-state index in [0.717, 1.165) is 0 Å². The Hall–Kier alpha value is -0.520. The molecule has 0 spiro atoms. The largest absolute Gasteiger partial charge is 0.0856 e. The Balaban J connectivity index is 0.000000132. The summed E-state index contributed by atoms with van der Waals surface area (Å²) >= 11 is 0. The molecule has 0 N–H and O–H groups in total. The van der Waals surface area contributed by atoms with E-state index in [1.54, 1.807) is 16.7 Å². The fraction of sp³-hybridized carbons (Fsp3) is 0.692. The van der Waals surface area contributed by atoms with Gasteiger partial charge in [0, 0.05) is 0 Å². The highest BCUT2D eigenvalue weighted by Crippen LogP contribution is 2.23. The van der Waals surface area contributed by atoms with Gasteiger partial charge in [-0.15, -0.1) is 0 Å². The van der Waals surface area contributed by atoms with E-state index < -0.39 is 0 Å². The second-order valence-corrected chi connectivity index (χ2v) is 4.36. The van der Waals surface area contributed by atoms with Crippen LogP contribution in [-0.4, -0.2) is 0 Å². The highest BCUT2D eigenvalue weighted by Gasteiger charge is 2.03. The van der Waals surface area contributed by atoms with E-state index in [0.29, 0.717) is 0 Å². The van der Waals surface area contributed by atoms with Crippen molar-refractivity contribution in [1.82, 2.24) is 0 Å². The van der Waals surface area contributed by atoms with Crippen LogP contribution in [-0.2, 0) is 0 Å². The van der Waals surface area contributed by atoms with Crippen LogP contribution in [0.15, 0.2) is 22.8 Å². The molecule has 0 aromatic carbocycles. The molecule has 0 heteroatoms. The molecule has 0 nitrogen and oxygen atoms in total. The lowest BCUT2D eigenvalue weighted by atomic mass is 10.2. The Morgan fingerprint density at radius 2 is 1.46 bits per heavy atom. The molecule has 0 unspecified atom stereocenters. The molecular formula is C13H22. The van der Waals surface area contributed by atoms with Gasteiger partial charge in [-0.1, -0.05) is 22.8 Å². The Kier molecular flexibility index (Phi) is 4.27. The van der Waals surface area contributed by atoms with E-state index in [-0.39, 0.29) is 0 Å². The van der Waals surface area contributed by atoms with Crippen LogP contribution in [0, 0.1) is 0 Å². The highest BCUT2D eigenvalue weighted by molar-refractivity contribution is 5.14. The summed E-state index contributed by atoms with van der Waals surface area (Å²) in [6.45, 7) is 6.68. The zero-order chi connectivity index (χ0) is 9.68. The van der Waals surface area contributed by atoms with Gasteiger partial charge in [0.25, 0.3) is 0 Å². The number of hydrogen-bond donors (Lipinski definition) is 0. The van der Waals surface area contributed by atoms with Crippen molar-refractivity contribution in [3.8, 4) is 0 Å². The lowest BCUT2D eigenvalue weighted by Gasteiger charge is -1.87. The quantitative estimate of drug-likeness (QED) is 0.475. The molecule has 0 aromatic heterocycles. The summed E-state index contributed by atoms with van der Waals surface area (Å²) in [4.78, 5) is 0. The van der Waals surface area contributed by atoms with E-state index in [9.17, 15) is 0 Å². The summed E-state index contributed by atoms with van der Waals surface area (Å²) in [5, 5.41) is 0. The van der Waals surface area contributed by atoms with Crippen LogP contribution in [0.25, 0.3) is 0 Å². The van der Waals surface area contributed by atoms with Gasteiger partial charge >= 0.3 is 0 Å². The van der Waals surface area contributed by atoms with Gasteiger partial charge in [-0.25, -0.2) is 0 Å². The second-order valence-electron chi connectivity index (χ2n) is 4.36. The van der Waals surface area contributed by atoms with Crippen molar-refractivity contribution in [2.75, 3.05) is 0 Å². The van der Waals surface area contributed by atoms with E-state index in [1.165, 1.54) is 38.5 Å². The van der Waals surface area contributed by atoms with Crippen molar-refractivity contribution in [2.24, 2.45) is 0 Å². The van der Waals surface area contributed by atoms with Gasteiger partial charge in [0.05, 0.1) is 0 Å². The van der Waals surface area contributed by atoms with Gasteiger partial charge in [-0.05, 0) is 59.3 Å². The minimum atomic E-state index is 1.33. The first kappa shape index (κ1) is 10.6. The van der Waals surface area contributed by atoms with Gasteiger partial charge in [0.1, 0.15) is 0 Å². The normalized spacial score (nSPS) is 21.3. The molecule has 0 bridgehead atoms. The maximum Gasteiger partial charge on any atom is -0.0317 e. The standard InChI is InChI=1S/C7H12.C6H10/c1-6-4-3-5-7(6)2;1-6-4-2-3-5-6/h3-5H2,1-2H3;4H,2-3,5H2,1H3. The maximum atomic E-state index is 2.32. The fourth-order valence-electron chi connectivity index (χ4n) is 1.88. The van der Waals surface area contributed by atoms with Crippen LogP contribution in [0.4, 0.5) is 0 Å². The summed E-state index contributed by atoms with van der Waals surface area (Å²) in [5.74, 6) is 0. The lowest BCUT2D eigenvalue weighted by molar-refractivity contribution is 0.893. The Bertz CT molecular complexity index is 206. The van der Waals surface area contributed by atoms with Crippen molar-refractivity contribution in [3.05, 3.63) is 22.8 Å². The molecule has 13 heavy (non-hydrogen) atoms. The zero-order valence-corrected chi connectivity index (χ0v) is 9.32. The third-order valence-corrected chi connectivity index (χ3v) is 3.10. The van der Waals surface area contributed by atoms with E-state index in [1.807, 2.05) is 0 Å². The van der Waals surface area contributed by atoms with Crippen molar-refractivity contribution < 1.29 is 0 Å². The SMILES string of the molecule is CC1=C(C)CCC1.CC1=CCCC1. The average Bonchev–Trinajstić information content (AvgIpc) is 2.67. The summed E-state index contributed by atoms with van der Waals surface area (Å²) in [7, 11) is 0. The molecule has 0 atom stereocenters. The fourth-order valence-corrected chi connectivity index (χ4v) is 1.88. The minimum Gasteiger partial charge on any atom is -0.0856 e. The smallest absolute Gasteiger partial charge is 0.0317 e. The van der Waals surface area contributed by atoms with Crippen LogP contribution >= 0.6 is 0 Å². The molecule has 2 aliphatic rings. The Morgan fingerprint density at radius 3 is 1.62 bits per heavy atom. The number of rotatable bonds is 0. The first-order chi connectivity index (χ1) is 6.20. The van der Waals surface area contributed by atoms with Gasteiger partial charge in [0.2, 0.25) is 0 Å². The van der Waals surface area contributed by atoms with E-state index >= 15 is 0 Å². The number of hydrogen-bond acceptors (Lipinski definition) is 0. The molecule has 0 amide bonds. The summed E-state index contributed by atoms with van der Waals surface area (Å²) in [5.41, 5.74) is 4.83. The molecular weight excluding hydrogens is 156 g/mol. The van der Waals surface area contributed by atoms with E-state index in [4.69, 9.17) is 0 Å². The van der Waals surface area contributed by atoms with Crippen molar-refractivity contribution in [1.29, 1.82) is 0 Å². The predicted molar refractivity (Wildman–Crippen MR) is 59.8 cm³/mol. The molecule has 0 fully saturated rings. The van der Waals surface area contributed by atoms with Gasteiger partial charge < -0.3 is 0 Å². The maximum absolute atomic E-state index is 2.32. The van der Waals surface area contributed by atoms with Gasteiger partial charge in [-0.3, -0.25) is 0 Å². The lowest BCUT2D eigenvalue weighted by Crippen LogP contribution is -1.66. The van der Waals surface area contributed by atoms with Crippen LogP contribution < -0.4 is 0 Å². The number of allylic oxidation sites excluding steroid dienone is 4. The first-order valence-corrected chi connectivity index (χ1v) is 5.51. The van der Waals surface area contributed by atoms with Gasteiger partial charge in [-0.2, -0.15) is 0 Å². The Morgan fingerprint density at radius 1 is 0.846 bits per heavy atom.